The van der Waals surface area contributed by atoms with Crippen molar-refractivity contribution < 1.29 is 9.53 Å². The van der Waals surface area contributed by atoms with Gasteiger partial charge >= 0.3 is 5.97 Å². The minimum atomic E-state index is -0.783. The molecule has 1 rings (SSSR count). The van der Waals surface area contributed by atoms with E-state index in [2.05, 4.69) is 15.4 Å². The number of ether oxygens (including phenoxy) is 1. The number of carbonyl (C=O) groups is 1. The summed E-state index contributed by atoms with van der Waals surface area (Å²) < 4.78 is 6.54. The lowest BCUT2D eigenvalue weighted by Gasteiger charge is -2.27. The molecule has 0 saturated carbocycles. The lowest BCUT2D eigenvalue weighted by molar-refractivity contribution is -0.148. The highest BCUT2D eigenvalue weighted by molar-refractivity contribution is 5.80. The van der Waals surface area contributed by atoms with Gasteiger partial charge in [-0.25, -0.2) is 14.5 Å². The molecule has 6 heteroatoms. The van der Waals surface area contributed by atoms with Gasteiger partial charge in [-0.3, -0.25) is 0 Å². The van der Waals surface area contributed by atoms with Gasteiger partial charge in [-0.15, -0.1) is 0 Å². The van der Waals surface area contributed by atoms with Crippen molar-refractivity contribution in [3.63, 3.8) is 0 Å². The summed E-state index contributed by atoms with van der Waals surface area (Å²) in [5.41, 5.74) is -0.783. The molecule has 0 aliphatic carbocycles. The number of esters is 1. The maximum atomic E-state index is 11.8. The van der Waals surface area contributed by atoms with Gasteiger partial charge < -0.3 is 10.1 Å². The normalized spacial score (nSPS) is 14.4. The fraction of sp³-hybridized carbons (Fsp3) is 0.727. The molecule has 1 aromatic heterocycles. The Morgan fingerprint density at radius 2 is 2.18 bits per heavy atom. The highest BCUT2D eigenvalue weighted by atomic mass is 16.5. The van der Waals surface area contributed by atoms with Crippen LogP contribution in [0, 0.1) is 13.8 Å². The summed E-state index contributed by atoms with van der Waals surface area (Å²) in [5, 5.41) is 7.38. The maximum Gasteiger partial charge on any atom is 0.327 e. The first-order chi connectivity index (χ1) is 7.92. The van der Waals surface area contributed by atoms with Crippen molar-refractivity contribution in [1.29, 1.82) is 0 Å². The number of carbonyl (C=O) groups excluding carboxylic acids is 1. The zero-order valence-electron chi connectivity index (χ0n) is 11.1. The summed E-state index contributed by atoms with van der Waals surface area (Å²) in [4.78, 5) is 16.0. The molecule has 96 valence electrons. The van der Waals surface area contributed by atoms with Crippen molar-refractivity contribution in [2.45, 2.75) is 39.8 Å². The van der Waals surface area contributed by atoms with Crippen LogP contribution in [0.4, 0.5) is 0 Å². The van der Waals surface area contributed by atoms with E-state index in [4.69, 9.17) is 4.74 Å². The summed E-state index contributed by atoms with van der Waals surface area (Å²) in [7, 11) is 1.39. The molecular formula is C11H20N4O2. The monoisotopic (exact) mass is 240 g/mol. The number of methoxy groups -OCH3 is 1. The Kier molecular flexibility index (Phi) is 4.22. The SMILES string of the molecule is CCNC(C)(Cn1nc(C)nc1C)C(=O)OC. The van der Waals surface area contributed by atoms with E-state index in [9.17, 15) is 4.79 Å². The summed E-state index contributed by atoms with van der Waals surface area (Å²) in [6.07, 6.45) is 0. The molecule has 0 aliphatic heterocycles. The summed E-state index contributed by atoms with van der Waals surface area (Å²) >= 11 is 0. The van der Waals surface area contributed by atoms with Crippen LogP contribution in [0.2, 0.25) is 0 Å². The first-order valence-electron chi connectivity index (χ1n) is 5.64. The molecule has 1 unspecified atom stereocenters. The molecule has 17 heavy (non-hydrogen) atoms. The molecule has 1 aromatic rings. The molecule has 0 fully saturated rings. The van der Waals surface area contributed by atoms with Gasteiger partial charge in [0.05, 0.1) is 13.7 Å². The third-order valence-corrected chi connectivity index (χ3v) is 2.63. The van der Waals surface area contributed by atoms with Crippen molar-refractivity contribution >= 4 is 5.97 Å². The van der Waals surface area contributed by atoms with Crippen LogP contribution in [-0.4, -0.2) is 39.9 Å². The fourth-order valence-electron chi connectivity index (χ4n) is 1.82. The quantitative estimate of drug-likeness (QED) is 0.756. The van der Waals surface area contributed by atoms with E-state index in [1.54, 1.807) is 11.6 Å². The number of nitrogens with zero attached hydrogens (tertiary/aromatic N) is 3. The number of likely N-dealkylation sites (N-methyl/N-ethyl adjacent to an activating group) is 1. The van der Waals surface area contributed by atoms with Crippen LogP contribution in [0.5, 0.6) is 0 Å². The molecule has 0 saturated heterocycles. The average Bonchev–Trinajstić information content (AvgIpc) is 2.56. The standard InChI is InChI=1S/C11H20N4O2/c1-6-12-11(4,10(16)17-5)7-15-9(3)13-8(2)14-15/h12H,6-7H2,1-5H3. The number of nitrogens with one attached hydrogen (secondary N) is 1. The molecular weight excluding hydrogens is 220 g/mol. The van der Waals surface area contributed by atoms with Gasteiger partial charge in [-0.05, 0) is 27.3 Å². The van der Waals surface area contributed by atoms with Crippen LogP contribution in [0.1, 0.15) is 25.5 Å². The van der Waals surface area contributed by atoms with Gasteiger partial charge in [-0.2, -0.15) is 5.10 Å². The fourth-order valence-corrected chi connectivity index (χ4v) is 1.82. The van der Waals surface area contributed by atoms with E-state index in [0.717, 1.165) is 5.82 Å². The molecule has 1 atom stereocenters. The summed E-state index contributed by atoms with van der Waals surface area (Å²) in [6, 6.07) is 0. The third-order valence-electron chi connectivity index (χ3n) is 2.63. The first-order valence-corrected chi connectivity index (χ1v) is 5.64. The Labute approximate surface area is 101 Å². The number of hydrogen-bond donors (Lipinski definition) is 1. The molecule has 0 aromatic carbocycles. The van der Waals surface area contributed by atoms with Gasteiger partial charge in [0.1, 0.15) is 17.2 Å². The molecule has 0 radical (unpaired) electrons. The van der Waals surface area contributed by atoms with Gasteiger partial charge in [0.25, 0.3) is 0 Å². The summed E-state index contributed by atoms with van der Waals surface area (Å²) in [6.45, 7) is 8.52. The molecule has 0 bridgehead atoms. The molecule has 0 spiro atoms. The van der Waals surface area contributed by atoms with E-state index in [0.29, 0.717) is 18.9 Å². The van der Waals surface area contributed by atoms with Gasteiger partial charge in [0.15, 0.2) is 0 Å². The Bertz CT molecular complexity index is 402. The lowest BCUT2D eigenvalue weighted by atomic mass is 10.0. The molecule has 1 heterocycles. The third kappa shape index (κ3) is 3.03. The predicted molar refractivity (Wildman–Crippen MR) is 63.6 cm³/mol. The van der Waals surface area contributed by atoms with Crippen LogP contribution >= 0.6 is 0 Å². The van der Waals surface area contributed by atoms with Crippen LogP contribution in [0.15, 0.2) is 0 Å². The van der Waals surface area contributed by atoms with Crippen molar-refractivity contribution in [2.75, 3.05) is 13.7 Å². The van der Waals surface area contributed by atoms with Gasteiger partial charge in [-0.1, -0.05) is 6.92 Å². The highest BCUT2D eigenvalue weighted by Gasteiger charge is 2.34. The minimum Gasteiger partial charge on any atom is -0.468 e. The van der Waals surface area contributed by atoms with E-state index < -0.39 is 5.54 Å². The highest BCUT2D eigenvalue weighted by Crippen LogP contribution is 2.11. The topological polar surface area (TPSA) is 69.0 Å². The van der Waals surface area contributed by atoms with E-state index in [1.807, 2.05) is 20.8 Å². The van der Waals surface area contributed by atoms with Crippen molar-refractivity contribution in [2.24, 2.45) is 0 Å². The number of rotatable bonds is 5. The lowest BCUT2D eigenvalue weighted by Crippen LogP contribution is -2.53. The smallest absolute Gasteiger partial charge is 0.327 e. The minimum absolute atomic E-state index is 0.299. The first kappa shape index (κ1) is 13.6. The van der Waals surface area contributed by atoms with E-state index in [1.165, 1.54) is 7.11 Å². The number of hydrogen-bond acceptors (Lipinski definition) is 5. The van der Waals surface area contributed by atoms with Crippen LogP contribution in [0.25, 0.3) is 0 Å². The second-order valence-corrected chi connectivity index (χ2v) is 4.22. The molecule has 1 N–H and O–H groups in total. The van der Waals surface area contributed by atoms with E-state index >= 15 is 0 Å². The van der Waals surface area contributed by atoms with E-state index in [-0.39, 0.29) is 5.97 Å². The van der Waals surface area contributed by atoms with Crippen LogP contribution in [0.3, 0.4) is 0 Å². The summed E-state index contributed by atoms with van der Waals surface area (Å²) in [5.74, 6) is 1.19. The maximum absolute atomic E-state index is 11.8. The second-order valence-electron chi connectivity index (χ2n) is 4.22. The molecule has 0 aliphatic rings. The Morgan fingerprint density at radius 3 is 2.59 bits per heavy atom. The zero-order valence-corrected chi connectivity index (χ0v) is 11.1. The van der Waals surface area contributed by atoms with Crippen molar-refractivity contribution in [1.82, 2.24) is 20.1 Å². The Balaban J connectivity index is 2.94. The Hall–Kier alpha value is -1.43. The van der Waals surface area contributed by atoms with Crippen molar-refractivity contribution in [3.05, 3.63) is 11.6 Å². The van der Waals surface area contributed by atoms with Crippen LogP contribution in [-0.2, 0) is 16.1 Å². The second kappa shape index (κ2) is 5.27. The average molecular weight is 240 g/mol. The zero-order chi connectivity index (χ0) is 13.1. The molecule has 0 amide bonds. The van der Waals surface area contributed by atoms with Gasteiger partial charge in [0.2, 0.25) is 0 Å². The largest absolute Gasteiger partial charge is 0.468 e. The number of aromatic nitrogens is 3. The van der Waals surface area contributed by atoms with Crippen LogP contribution < -0.4 is 5.32 Å². The molecule has 6 nitrogen and oxygen atoms in total. The Morgan fingerprint density at radius 1 is 1.53 bits per heavy atom. The predicted octanol–water partition coefficient (Wildman–Crippen LogP) is 0.436. The number of aryl methyl sites for hydroxylation is 2. The van der Waals surface area contributed by atoms with Gasteiger partial charge in [0, 0.05) is 0 Å². The van der Waals surface area contributed by atoms with Crippen molar-refractivity contribution in [3.8, 4) is 0 Å².